The van der Waals surface area contributed by atoms with E-state index in [2.05, 4.69) is 15.9 Å². The fourth-order valence-electron chi connectivity index (χ4n) is 0.885. The van der Waals surface area contributed by atoms with E-state index in [0.29, 0.717) is 10.2 Å². The Morgan fingerprint density at radius 1 is 1.25 bits per heavy atom. The third-order valence-electron chi connectivity index (χ3n) is 1.40. The summed E-state index contributed by atoms with van der Waals surface area (Å²) in [6, 6.07) is 4.87. The first-order valence-electron chi connectivity index (χ1n) is 5.22. The number of methoxy groups -OCH3 is 1. The molecule has 0 aromatic heterocycles. The molecule has 0 atom stereocenters. The number of ether oxygens (including phenoxy) is 1. The van der Waals surface area contributed by atoms with Crippen molar-refractivity contribution in [3.05, 3.63) is 28.2 Å². The van der Waals surface area contributed by atoms with Gasteiger partial charge in [0.15, 0.2) is 0 Å². The highest BCUT2D eigenvalue weighted by molar-refractivity contribution is 9.10. The Bertz CT molecular complexity index is 311. The zero-order chi connectivity index (χ0) is 13.1. The van der Waals surface area contributed by atoms with E-state index in [4.69, 9.17) is 9.84 Å². The number of benzene rings is 1. The number of hydrogen-bond donors (Lipinski definition) is 1. The number of carboxylic acids is 1. The van der Waals surface area contributed by atoms with Crippen LogP contribution in [0.15, 0.2) is 22.7 Å². The van der Waals surface area contributed by atoms with Crippen LogP contribution in [0.25, 0.3) is 0 Å². The second kappa shape index (κ2) is 10.5. The summed E-state index contributed by atoms with van der Waals surface area (Å²) in [5.74, 6) is -0.641. The molecule has 0 aliphatic heterocycles. The first-order valence-corrected chi connectivity index (χ1v) is 6.02. The fraction of sp³-hybridized carbons (Fsp3) is 0.417. The van der Waals surface area contributed by atoms with Crippen molar-refractivity contribution in [3.8, 4) is 5.75 Å². The second-order valence-corrected chi connectivity index (χ2v) is 2.98. The van der Waals surface area contributed by atoms with Gasteiger partial charge in [-0.15, -0.1) is 0 Å². The summed E-state index contributed by atoms with van der Waals surface area (Å²) in [5, 5.41) is 8.72. The maximum atomic E-state index is 10.6. The van der Waals surface area contributed by atoms with Gasteiger partial charge in [0.2, 0.25) is 0 Å². The predicted molar refractivity (Wildman–Crippen MR) is 70.3 cm³/mol. The molecule has 0 heterocycles. The number of para-hydroxylation sites is 1. The highest BCUT2D eigenvalue weighted by Gasteiger charge is 2.12. The highest BCUT2D eigenvalue weighted by atomic mass is 79.9. The third kappa shape index (κ3) is 5.16. The van der Waals surface area contributed by atoms with E-state index in [0.717, 1.165) is 0 Å². The standard InChI is InChI=1S/C8H7BrO3.2C2H6/c1-12-7-5(8(10)11)3-2-4-6(7)9;2*1-2/h2-4H,1H3,(H,10,11);2*1-2H3. The maximum Gasteiger partial charge on any atom is 0.339 e. The van der Waals surface area contributed by atoms with Gasteiger partial charge in [-0.3, -0.25) is 0 Å². The average molecular weight is 291 g/mol. The van der Waals surface area contributed by atoms with Gasteiger partial charge in [-0.05, 0) is 28.1 Å². The molecule has 0 aliphatic carbocycles. The first kappa shape index (κ1) is 17.4. The number of carbonyl (C=O) groups is 1. The molecule has 3 nitrogen and oxygen atoms in total. The van der Waals surface area contributed by atoms with Crippen LogP contribution in [0.3, 0.4) is 0 Å². The van der Waals surface area contributed by atoms with Gasteiger partial charge in [-0.25, -0.2) is 4.79 Å². The summed E-state index contributed by atoms with van der Waals surface area (Å²) < 4.78 is 5.55. The lowest BCUT2D eigenvalue weighted by Crippen LogP contribution is -2.00. The molecule has 1 N–H and O–H groups in total. The van der Waals surface area contributed by atoms with Gasteiger partial charge in [0, 0.05) is 0 Å². The number of rotatable bonds is 2. The molecule has 0 bridgehead atoms. The third-order valence-corrected chi connectivity index (χ3v) is 2.03. The molecule has 16 heavy (non-hydrogen) atoms. The molecule has 1 aromatic rings. The van der Waals surface area contributed by atoms with Crippen LogP contribution in [-0.2, 0) is 0 Å². The average Bonchev–Trinajstić information content (AvgIpc) is 2.33. The monoisotopic (exact) mass is 290 g/mol. The molecule has 0 aliphatic rings. The van der Waals surface area contributed by atoms with Crippen LogP contribution in [0.4, 0.5) is 0 Å². The quantitative estimate of drug-likeness (QED) is 0.888. The predicted octanol–water partition coefficient (Wildman–Crippen LogP) is 4.21. The van der Waals surface area contributed by atoms with E-state index in [1.54, 1.807) is 12.1 Å². The minimum Gasteiger partial charge on any atom is -0.495 e. The Kier molecular flexibility index (Phi) is 11.4. The molecule has 0 saturated carbocycles. The summed E-state index contributed by atoms with van der Waals surface area (Å²) in [7, 11) is 1.44. The lowest BCUT2D eigenvalue weighted by atomic mass is 10.2. The van der Waals surface area contributed by atoms with Gasteiger partial charge in [-0.2, -0.15) is 0 Å². The van der Waals surface area contributed by atoms with Crippen molar-refractivity contribution in [1.82, 2.24) is 0 Å². The number of aromatic carboxylic acids is 1. The Balaban J connectivity index is 0. The molecular formula is C12H19BrO3. The summed E-state index contributed by atoms with van der Waals surface area (Å²) in [4.78, 5) is 10.6. The molecule has 0 fully saturated rings. The zero-order valence-corrected chi connectivity index (χ0v) is 12.0. The van der Waals surface area contributed by atoms with Crippen LogP contribution >= 0.6 is 15.9 Å². The van der Waals surface area contributed by atoms with Gasteiger partial charge in [0.25, 0.3) is 0 Å². The lowest BCUT2D eigenvalue weighted by Gasteiger charge is -2.05. The Morgan fingerprint density at radius 3 is 2.06 bits per heavy atom. The van der Waals surface area contributed by atoms with Crippen LogP contribution in [-0.4, -0.2) is 18.2 Å². The number of halogens is 1. The van der Waals surface area contributed by atoms with E-state index in [1.165, 1.54) is 13.2 Å². The molecule has 1 aromatic carbocycles. The van der Waals surface area contributed by atoms with Crippen molar-refractivity contribution in [1.29, 1.82) is 0 Å². The van der Waals surface area contributed by atoms with Crippen molar-refractivity contribution in [2.45, 2.75) is 27.7 Å². The number of hydrogen-bond acceptors (Lipinski definition) is 2. The second-order valence-electron chi connectivity index (χ2n) is 2.13. The smallest absolute Gasteiger partial charge is 0.339 e. The van der Waals surface area contributed by atoms with E-state index >= 15 is 0 Å². The topological polar surface area (TPSA) is 46.5 Å². The fourth-order valence-corrected chi connectivity index (χ4v) is 1.41. The van der Waals surface area contributed by atoms with E-state index in [1.807, 2.05) is 27.7 Å². The summed E-state index contributed by atoms with van der Waals surface area (Å²) in [6.07, 6.45) is 0. The minimum absolute atomic E-state index is 0.159. The molecule has 0 spiro atoms. The van der Waals surface area contributed by atoms with Crippen molar-refractivity contribution in [2.75, 3.05) is 7.11 Å². The van der Waals surface area contributed by atoms with Crippen molar-refractivity contribution >= 4 is 21.9 Å². The summed E-state index contributed by atoms with van der Waals surface area (Å²) >= 11 is 3.19. The molecular weight excluding hydrogens is 272 g/mol. The van der Waals surface area contributed by atoms with Crippen molar-refractivity contribution < 1.29 is 14.6 Å². The van der Waals surface area contributed by atoms with Gasteiger partial charge >= 0.3 is 5.97 Å². The molecule has 0 saturated heterocycles. The van der Waals surface area contributed by atoms with Crippen LogP contribution in [0.2, 0.25) is 0 Å². The Hall–Kier alpha value is -1.03. The molecule has 4 heteroatoms. The van der Waals surface area contributed by atoms with Gasteiger partial charge < -0.3 is 9.84 Å². The summed E-state index contributed by atoms with van der Waals surface area (Å²) in [5.41, 5.74) is 0.159. The minimum atomic E-state index is -0.992. The van der Waals surface area contributed by atoms with Gasteiger partial charge in [0.1, 0.15) is 11.3 Å². The van der Waals surface area contributed by atoms with Crippen LogP contribution in [0, 0.1) is 0 Å². The zero-order valence-electron chi connectivity index (χ0n) is 10.4. The first-order chi connectivity index (χ1) is 7.66. The molecule has 0 amide bonds. The molecule has 92 valence electrons. The van der Waals surface area contributed by atoms with Crippen LogP contribution in [0.5, 0.6) is 5.75 Å². The van der Waals surface area contributed by atoms with Crippen molar-refractivity contribution in [3.63, 3.8) is 0 Å². The highest BCUT2D eigenvalue weighted by Crippen LogP contribution is 2.28. The van der Waals surface area contributed by atoms with Crippen LogP contribution < -0.4 is 4.74 Å². The van der Waals surface area contributed by atoms with Gasteiger partial charge in [0.05, 0.1) is 11.6 Å². The molecule has 0 radical (unpaired) electrons. The van der Waals surface area contributed by atoms with E-state index in [-0.39, 0.29) is 5.56 Å². The largest absolute Gasteiger partial charge is 0.495 e. The van der Waals surface area contributed by atoms with E-state index < -0.39 is 5.97 Å². The van der Waals surface area contributed by atoms with E-state index in [9.17, 15) is 4.79 Å². The van der Waals surface area contributed by atoms with Gasteiger partial charge in [-0.1, -0.05) is 33.8 Å². The Labute approximate surface area is 106 Å². The number of carboxylic acid groups (broad SMARTS) is 1. The van der Waals surface area contributed by atoms with Crippen molar-refractivity contribution in [2.24, 2.45) is 0 Å². The Morgan fingerprint density at radius 2 is 1.75 bits per heavy atom. The lowest BCUT2D eigenvalue weighted by molar-refractivity contribution is 0.0693. The summed E-state index contributed by atoms with van der Waals surface area (Å²) in [6.45, 7) is 8.00. The molecule has 1 rings (SSSR count). The van der Waals surface area contributed by atoms with Crippen LogP contribution in [0.1, 0.15) is 38.1 Å². The maximum absolute atomic E-state index is 10.6. The SMILES string of the molecule is CC.CC.COc1c(Br)cccc1C(=O)O. The normalized spacial score (nSPS) is 7.88. The molecule has 0 unspecified atom stereocenters.